The van der Waals surface area contributed by atoms with Gasteiger partial charge in [0.2, 0.25) is 5.91 Å². The number of hydrogen-bond acceptors (Lipinski definition) is 2. The predicted octanol–water partition coefficient (Wildman–Crippen LogP) is 2.36. The van der Waals surface area contributed by atoms with Gasteiger partial charge in [-0.2, -0.15) is 0 Å². The molecular formula is C13H18N2O. The number of fused-ring (bicyclic) bond motifs is 1. The van der Waals surface area contributed by atoms with Crippen LogP contribution in [0.2, 0.25) is 0 Å². The van der Waals surface area contributed by atoms with Crippen molar-refractivity contribution in [3.8, 4) is 0 Å². The van der Waals surface area contributed by atoms with Gasteiger partial charge in [0.25, 0.3) is 0 Å². The first-order valence-corrected chi connectivity index (χ1v) is 5.97. The number of rotatable bonds is 3. The van der Waals surface area contributed by atoms with Gasteiger partial charge in [-0.15, -0.1) is 0 Å². The number of aromatic nitrogens is 1. The first-order valence-electron chi connectivity index (χ1n) is 5.97. The summed E-state index contributed by atoms with van der Waals surface area (Å²) in [5, 5.41) is 0. The Balaban J connectivity index is 2.08. The second kappa shape index (κ2) is 4.64. The first kappa shape index (κ1) is 11.1. The molecule has 0 radical (unpaired) electrons. The SMILES string of the molecule is CCC(CC)C(=O)N1Cc2cccnc2C1. The second-order valence-corrected chi connectivity index (χ2v) is 4.32. The lowest BCUT2D eigenvalue weighted by atomic mass is 10.0. The summed E-state index contributed by atoms with van der Waals surface area (Å²) in [6, 6.07) is 3.99. The van der Waals surface area contributed by atoms with Gasteiger partial charge in [0.1, 0.15) is 0 Å². The number of carbonyl (C=O) groups excluding carboxylic acids is 1. The van der Waals surface area contributed by atoms with E-state index >= 15 is 0 Å². The molecule has 0 fully saturated rings. The lowest BCUT2D eigenvalue weighted by Crippen LogP contribution is -2.31. The fraction of sp³-hybridized carbons (Fsp3) is 0.538. The zero-order chi connectivity index (χ0) is 11.5. The Morgan fingerprint density at radius 3 is 2.81 bits per heavy atom. The number of hydrogen-bond donors (Lipinski definition) is 0. The lowest BCUT2D eigenvalue weighted by molar-refractivity contribution is -0.136. The van der Waals surface area contributed by atoms with Gasteiger partial charge in [-0.1, -0.05) is 19.9 Å². The van der Waals surface area contributed by atoms with Crippen LogP contribution in [0.1, 0.15) is 37.9 Å². The number of nitrogens with zero attached hydrogens (tertiary/aromatic N) is 2. The van der Waals surface area contributed by atoms with Crippen molar-refractivity contribution in [2.75, 3.05) is 0 Å². The van der Waals surface area contributed by atoms with E-state index in [2.05, 4.69) is 24.9 Å². The van der Waals surface area contributed by atoms with E-state index in [1.54, 1.807) is 6.20 Å². The molecule has 86 valence electrons. The fourth-order valence-electron chi connectivity index (χ4n) is 2.25. The first-order chi connectivity index (χ1) is 7.76. The van der Waals surface area contributed by atoms with Gasteiger partial charge < -0.3 is 4.90 Å². The maximum atomic E-state index is 12.2. The van der Waals surface area contributed by atoms with E-state index < -0.39 is 0 Å². The summed E-state index contributed by atoms with van der Waals surface area (Å²) in [7, 11) is 0. The van der Waals surface area contributed by atoms with Crippen LogP contribution in [-0.2, 0) is 17.9 Å². The van der Waals surface area contributed by atoms with Crippen LogP contribution in [0.5, 0.6) is 0 Å². The average Bonchev–Trinajstić information content (AvgIpc) is 2.74. The zero-order valence-corrected chi connectivity index (χ0v) is 9.94. The molecule has 2 heterocycles. The number of pyridine rings is 1. The molecule has 0 aromatic carbocycles. The van der Waals surface area contributed by atoms with Crippen LogP contribution in [0, 0.1) is 5.92 Å². The normalized spacial score (nSPS) is 14.3. The average molecular weight is 218 g/mol. The van der Waals surface area contributed by atoms with Gasteiger partial charge in [0.15, 0.2) is 0 Å². The minimum atomic E-state index is 0.175. The summed E-state index contributed by atoms with van der Waals surface area (Å²) in [6.45, 7) is 5.57. The molecule has 16 heavy (non-hydrogen) atoms. The van der Waals surface area contributed by atoms with E-state index in [9.17, 15) is 4.79 Å². The van der Waals surface area contributed by atoms with Crippen LogP contribution in [0.25, 0.3) is 0 Å². The van der Waals surface area contributed by atoms with Crippen molar-refractivity contribution in [3.63, 3.8) is 0 Å². The van der Waals surface area contributed by atoms with Crippen LogP contribution in [0.3, 0.4) is 0 Å². The smallest absolute Gasteiger partial charge is 0.226 e. The predicted molar refractivity (Wildman–Crippen MR) is 62.6 cm³/mol. The van der Waals surface area contributed by atoms with Gasteiger partial charge in [-0.25, -0.2) is 0 Å². The molecule has 0 spiro atoms. The Morgan fingerprint density at radius 1 is 1.44 bits per heavy atom. The lowest BCUT2D eigenvalue weighted by Gasteiger charge is -2.20. The summed E-state index contributed by atoms with van der Waals surface area (Å²) in [5.41, 5.74) is 2.25. The highest BCUT2D eigenvalue weighted by Crippen LogP contribution is 2.23. The molecule has 0 bridgehead atoms. The Hall–Kier alpha value is -1.38. The standard InChI is InChI=1S/C13H18N2O/c1-3-10(4-2)13(16)15-8-11-6-5-7-14-12(11)9-15/h5-7,10H,3-4,8-9H2,1-2H3. The van der Waals surface area contributed by atoms with Gasteiger partial charge in [0.05, 0.1) is 12.2 Å². The molecule has 0 unspecified atom stereocenters. The van der Waals surface area contributed by atoms with Crippen LogP contribution >= 0.6 is 0 Å². The monoisotopic (exact) mass is 218 g/mol. The van der Waals surface area contributed by atoms with Gasteiger partial charge in [-0.05, 0) is 24.5 Å². The fourth-order valence-corrected chi connectivity index (χ4v) is 2.25. The van der Waals surface area contributed by atoms with E-state index in [4.69, 9.17) is 0 Å². The summed E-state index contributed by atoms with van der Waals surface area (Å²) < 4.78 is 0. The van der Waals surface area contributed by atoms with Crippen molar-refractivity contribution in [3.05, 3.63) is 29.6 Å². The quantitative estimate of drug-likeness (QED) is 0.780. The van der Waals surface area contributed by atoms with Gasteiger partial charge in [0, 0.05) is 18.7 Å². The van der Waals surface area contributed by atoms with E-state index in [1.807, 2.05) is 11.0 Å². The molecule has 1 aliphatic rings. The molecule has 0 saturated carbocycles. The molecule has 1 aromatic heterocycles. The maximum absolute atomic E-state index is 12.2. The van der Waals surface area contributed by atoms with Crippen molar-refractivity contribution in [1.29, 1.82) is 0 Å². The molecule has 0 saturated heterocycles. The van der Waals surface area contributed by atoms with Crippen molar-refractivity contribution in [2.45, 2.75) is 39.8 Å². The number of amides is 1. The molecule has 3 nitrogen and oxygen atoms in total. The topological polar surface area (TPSA) is 33.2 Å². The highest BCUT2D eigenvalue weighted by Gasteiger charge is 2.27. The van der Waals surface area contributed by atoms with Crippen LogP contribution in [-0.4, -0.2) is 15.8 Å². The van der Waals surface area contributed by atoms with Gasteiger partial charge >= 0.3 is 0 Å². The van der Waals surface area contributed by atoms with E-state index in [0.29, 0.717) is 6.54 Å². The largest absolute Gasteiger partial charge is 0.332 e. The van der Waals surface area contributed by atoms with Crippen LogP contribution < -0.4 is 0 Å². The Morgan fingerprint density at radius 2 is 2.19 bits per heavy atom. The summed E-state index contributed by atoms with van der Waals surface area (Å²) in [5.74, 6) is 0.456. The minimum Gasteiger partial charge on any atom is -0.332 e. The van der Waals surface area contributed by atoms with E-state index in [0.717, 1.165) is 25.1 Å². The minimum absolute atomic E-state index is 0.175. The third kappa shape index (κ3) is 1.94. The third-order valence-electron chi connectivity index (χ3n) is 3.33. The van der Waals surface area contributed by atoms with E-state index in [-0.39, 0.29) is 11.8 Å². The van der Waals surface area contributed by atoms with Crippen molar-refractivity contribution in [2.24, 2.45) is 5.92 Å². The number of carbonyl (C=O) groups is 1. The Kier molecular flexibility index (Phi) is 3.22. The molecule has 2 rings (SSSR count). The summed E-state index contributed by atoms with van der Waals surface area (Å²) >= 11 is 0. The highest BCUT2D eigenvalue weighted by molar-refractivity contribution is 5.79. The summed E-state index contributed by atoms with van der Waals surface area (Å²) in [6.07, 6.45) is 3.65. The molecule has 1 aromatic rings. The van der Waals surface area contributed by atoms with Crippen LogP contribution in [0.4, 0.5) is 0 Å². The molecule has 1 aliphatic heterocycles. The molecule has 0 atom stereocenters. The summed E-state index contributed by atoms with van der Waals surface area (Å²) in [4.78, 5) is 18.4. The van der Waals surface area contributed by atoms with E-state index in [1.165, 1.54) is 5.56 Å². The van der Waals surface area contributed by atoms with Crippen molar-refractivity contribution >= 4 is 5.91 Å². The Bertz CT molecular complexity index is 360. The molecular weight excluding hydrogens is 200 g/mol. The zero-order valence-electron chi connectivity index (χ0n) is 9.94. The highest BCUT2D eigenvalue weighted by atomic mass is 16.2. The molecule has 0 aliphatic carbocycles. The van der Waals surface area contributed by atoms with Gasteiger partial charge in [-0.3, -0.25) is 9.78 Å². The second-order valence-electron chi connectivity index (χ2n) is 4.32. The van der Waals surface area contributed by atoms with Crippen LogP contribution in [0.15, 0.2) is 18.3 Å². The van der Waals surface area contributed by atoms with Crippen molar-refractivity contribution in [1.82, 2.24) is 9.88 Å². The third-order valence-corrected chi connectivity index (χ3v) is 3.33. The maximum Gasteiger partial charge on any atom is 0.226 e. The Labute approximate surface area is 96.5 Å². The molecule has 0 N–H and O–H groups in total. The van der Waals surface area contributed by atoms with Crippen molar-refractivity contribution < 1.29 is 4.79 Å². The molecule has 3 heteroatoms. The molecule has 1 amide bonds.